The van der Waals surface area contributed by atoms with E-state index in [-0.39, 0.29) is 18.1 Å². The number of imidazole rings is 1. The summed E-state index contributed by atoms with van der Waals surface area (Å²) >= 11 is 0. The quantitative estimate of drug-likeness (QED) is 0.407. The Labute approximate surface area is 191 Å². The number of hydrogen-bond donors (Lipinski definition) is 1. The molecular formula is C23H19F3N4O4. The Balaban J connectivity index is 1.40. The zero-order chi connectivity index (χ0) is 24.1. The molecule has 1 amide bonds. The van der Waals surface area contributed by atoms with E-state index >= 15 is 0 Å². The maximum atomic E-state index is 12.2. The number of halogens is 3. The van der Waals surface area contributed by atoms with Gasteiger partial charge in [0.25, 0.3) is 0 Å². The Morgan fingerprint density at radius 1 is 1.00 bits per heavy atom. The van der Waals surface area contributed by atoms with Crippen LogP contribution in [0.5, 0.6) is 17.2 Å². The molecule has 0 aliphatic heterocycles. The lowest BCUT2D eigenvalue weighted by atomic mass is 10.2. The van der Waals surface area contributed by atoms with Crippen molar-refractivity contribution in [2.24, 2.45) is 0 Å². The first kappa shape index (κ1) is 22.9. The molecule has 0 atom stereocenters. The number of benzene rings is 2. The Hall–Kier alpha value is -4.28. The second-order valence-electron chi connectivity index (χ2n) is 7.02. The molecule has 0 saturated heterocycles. The lowest BCUT2D eigenvalue weighted by Gasteiger charge is -2.10. The predicted octanol–water partition coefficient (Wildman–Crippen LogP) is 5.01. The lowest BCUT2D eigenvalue weighted by Crippen LogP contribution is -2.26. The van der Waals surface area contributed by atoms with Crippen molar-refractivity contribution in [3.8, 4) is 22.9 Å². The van der Waals surface area contributed by atoms with Crippen molar-refractivity contribution in [1.29, 1.82) is 0 Å². The van der Waals surface area contributed by atoms with Gasteiger partial charge in [-0.1, -0.05) is 12.1 Å². The van der Waals surface area contributed by atoms with Crippen molar-refractivity contribution in [3.05, 3.63) is 72.7 Å². The molecule has 1 N–H and O–H groups in total. The molecule has 4 rings (SSSR count). The van der Waals surface area contributed by atoms with Crippen LogP contribution < -0.4 is 19.5 Å². The number of fused-ring (bicyclic) bond motifs is 1. The van der Waals surface area contributed by atoms with Gasteiger partial charge in [-0.2, -0.15) is 0 Å². The molecule has 11 heteroatoms. The van der Waals surface area contributed by atoms with E-state index in [9.17, 15) is 18.0 Å². The molecule has 0 aliphatic rings. The molecule has 2 aromatic carbocycles. The minimum Gasteiger partial charge on any atom is -0.489 e. The summed E-state index contributed by atoms with van der Waals surface area (Å²) in [5.41, 5.74) is 2.61. The standard InChI is InChI=1S/C23H19F3N4O4/c1-2-27-22(31)33-19-11-20-21(28-12-19)30(14-29-20)16-5-9-17(10-6-16)32-13-15-3-7-18(8-4-15)34-23(24,25)26/h3-12,14H,2,13H2,1H3,(H,27,31). The highest BCUT2D eigenvalue weighted by atomic mass is 19.4. The molecule has 8 nitrogen and oxygen atoms in total. The predicted molar refractivity (Wildman–Crippen MR) is 116 cm³/mol. The van der Waals surface area contributed by atoms with Crippen LogP contribution in [0.4, 0.5) is 18.0 Å². The van der Waals surface area contributed by atoms with Gasteiger partial charge in [-0.3, -0.25) is 4.57 Å². The van der Waals surface area contributed by atoms with Gasteiger partial charge in [0.15, 0.2) is 11.4 Å². The number of pyridine rings is 1. The van der Waals surface area contributed by atoms with Gasteiger partial charge in [0.1, 0.15) is 29.9 Å². The lowest BCUT2D eigenvalue weighted by molar-refractivity contribution is -0.274. The topological polar surface area (TPSA) is 87.5 Å². The number of carbonyl (C=O) groups is 1. The van der Waals surface area contributed by atoms with Crippen LogP contribution >= 0.6 is 0 Å². The summed E-state index contributed by atoms with van der Waals surface area (Å²) in [5, 5.41) is 2.54. The number of alkyl halides is 3. The summed E-state index contributed by atoms with van der Waals surface area (Å²) in [6.45, 7) is 2.41. The fourth-order valence-corrected chi connectivity index (χ4v) is 3.07. The summed E-state index contributed by atoms with van der Waals surface area (Å²) in [6, 6.07) is 14.2. The van der Waals surface area contributed by atoms with Crippen molar-refractivity contribution in [3.63, 3.8) is 0 Å². The highest BCUT2D eigenvalue weighted by Crippen LogP contribution is 2.24. The minimum atomic E-state index is -4.73. The Kier molecular flexibility index (Phi) is 6.53. The zero-order valence-electron chi connectivity index (χ0n) is 17.9. The first-order chi connectivity index (χ1) is 16.3. The van der Waals surface area contributed by atoms with E-state index in [2.05, 4.69) is 20.0 Å². The highest BCUT2D eigenvalue weighted by Gasteiger charge is 2.30. The number of aromatic nitrogens is 3. The van der Waals surface area contributed by atoms with Gasteiger partial charge in [-0.15, -0.1) is 13.2 Å². The van der Waals surface area contributed by atoms with Crippen LogP contribution in [0.15, 0.2) is 67.1 Å². The second kappa shape index (κ2) is 9.69. The molecule has 176 valence electrons. The zero-order valence-corrected chi connectivity index (χ0v) is 17.9. The van der Waals surface area contributed by atoms with Gasteiger partial charge >= 0.3 is 12.5 Å². The van der Waals surface area contributed by atoms with Crippen LogP contribution in [0.3, 0.4) is 0 Å². The van der Waals surface area contributed by atoms with E-state index < -0.39 is 12.5 Å². The van der Waals surface area contributed by atoms with Crippen LogP contribution in [0, 0.1) is 0 Å². The van der Waals surface area contributed by atoms with Crippen LogP contribution in [0.1, 0.15) is 12.5 Å². The first-order valence-electron chi connectivity index (χ1n) is 10.2. The van der Waals surface area contributed by atoms with Gasteiger partial charge in [0, 0.05) is 18.3 Å². The molecule has 0 saturated carbocycles. The molecule has 34 heavy (non-hydrogen) atoms. The van der Waals surface area contributed by atoms with E-state index in [1.165, 1.54) is 30.5 Å². The third kappa shape index (κ3) is 5.74. The maximum absolute atomic E-state index is 12.2. The highest BCUT2D eigenvalue weighted by molar-refractivity contribution is 5.76. The Morgan fingerprint density at radius 2 is 1.71 bits per heavy atom. The monoisotopic (exact) mass is 472 g/mol. The molecule has 0 aliphatic carbocycles. The van der Waals surface area contributed by atoms with Crippen molar-refractivity contribution in [2.45, 2.75) is 19.9 Å². The van der Waals surface area contributed by atoms with Crippen LogP contribution in [-0.2, 0) is 6.61 Å². The van der Waals surface area contributed by atoms with Gasteiger partial charge < -0.3 is 19.5 Å². The summed E-state index contributed by atoms with van der Waals surface area (Å²) in [7, 11) is 0. The average molecular weight is 472 g/mol. The van der Waals surface area contributed by atoms with E-state index in [1.54, 1.807) is 36.0 Å². The number of carbonyl (C=O) groups excluding carboxylic acids is 1. The molecule has 0 radical (unpaired) electrons. The molecule has 0 fully saturated rings. The smallest absolute Gasteiger partial charge is 0.489 e. The summed E-state index contributed by atoms with van der Waals surface area (Å²) in [6.07, 6.45) is -2.24. The largest absolute Gasteiger partial charge is 0.573 e. The summed E-state index contributed by atoms with van der Waals surface area (Å²) in [5.74, 6) is 0.574. The second-order valence-corrected chi connectivity index (χ2v) is 7.02. The summed E-state index contributed by atoms with van der Waals surface area (Å²) in [4.78, 5) is 20.2. The molecule has 0 unspecified atom stereocenters. The molecule has 0 bridgehead atoms. The molecule has 2 aromatic heterocycles. The van der Waals surface area contributed by atoms with Gasteiger partial charge in [0.2, 0.25) is 0 Å². The van der Waals surface area contributed by atoms with E-state index in [1.807, 2.05) is 12.1 Å². The number of rotatable bonds is 7. The van der Waals surface area contributed by atoms with Gasteiger partial charge in [-0.05, 0) is 48.9 Å². The van der Waals surface area contributed by atoms with Crippen molar-refractivity contribution >= 4 is 17.3 Å². The normalized spacial score (nSPS) is 11.3. The van der Waals surface area contributed by atoms with Crippen LogP contribution in [0.25, 0.3) is 16.9 Å². The minimum absolute atomic E-state index is 0.176. The fourth-order valence-electron chi connectivity index (χ4n) is 3.07. The number of nitrogens with zero attached hydrogens (tertiary/aromatic N) is 3. The van der Waals surface area contributed by atoms with Gasteiger partial charge in [-0.25, -0.2) is 14.8 Å². The van der Waals surface area contributed by atoms with Crippen molar-refractivity contribution in [1.82, 2.24) is 19.9 Å². The Bertz CT molecular complexity index is 1270. The average Bonchev–Trinajstić information content (AvgIpc) is 3.21. The maximum Gasteiger partial charge on any atom is 0.573 e. The number of ether oxygens (including phenoxy) is 3. The molecule has 0 spiro atoms. The third-order valence-electron chi connectivity index (χ3n) is 4.57. The molecular weight excluding hydrogens is 453 g/mol. The van der Waals surface area contributed by atoms with Crippen LogP contribution in [0.2, 0.25) is 0 Å². The van der Waals surface area contributed by atoms with Crippen LogP contribution in [-0.4, -0.2) is 33.5 Å². The molecule has 4 aromatic rings. The first-order valence-corrected chi connectivity index (χ1v) is 10.2. The van der Waals surface area contributed by atoms with E-state index in [0.717, 1.165) is 5.69 Å². The molecule has 2 heterocycles. The third-order valence-corrected chi connectivity index (χ3v) is 4.57. The summed E-state index contributed by atoms with van der Waals surface area (Å²) < 4.78 is 53.2. The number of nitrogens with one attached hydrogen (secondary N) is 1. The van der Waals surface area contributed by atoms with E-state index in [0.29, 0.717) is 29.0 Å². The number of amides is 1. The SMILES string of the molecule is CCNC(=O)Oc1cnc2c(c1)ncn2-c1ccc(OCc2ccc(OC(F)(F)F)cc2)cc1. The van der Waals surface area contributed by atoms with E-state index in [4.69, 9.17) is 9.47 Å². The van der Waals surface area contributed by atoms with Crippen molar-refractivity contribution < 1.29 is 32.2 Å². The fraction of sp³-hybridized carbons (Fsp3) is 0.174. The van der Waals surface area contributed by atoms with Crippen molar-refractivity contribution in [2.75, 3.05) is 6.54 Å². The Morgan fingerprint density at radius 3 is 2.38 bits per heavy atom. The van der Waals surface area contributed by atoms with Gasteiger partial charge in [0.05, 0.1) is 6.20 Å². The number of hydrogen-bond acceptors (Lipinski definition) is 6.